The Morgan fingerprint density at radius 3 is 2.00 bits per heavy atom. The molecular formula is C22H14Cl3NO4S. The summed E-state index contributed by atoms with van der Waals surface area (Å²) in [5, 5.41) is 23.1. The lowest BCUT2D eigenvalue weighted by Gasteiger charge is -2.15. The van der Waals surface area contributed by atoms with Crippen molar-refractivity contribution < 1.29 is 18.6 Å². The highest BCUT2D eigenvalue weighted by molar-refractivity contribution is 7.92. The van der Waals surface area contributed by atoms with Crippen molar-refractivity contribution in [3.63, 3.8) is 0 Å². The first-order valence-corrected chi connectivity index (χ1v) is 11.5. The number of phenolic OH excluding ortho intramolecular Hbond substituents is 2. The van der Waals surface area contributed by atoms with Crippen molar-refractivity contribution in [3.05, 3.63) is 81.8 Å². The molecule has 0 unspecified atom stereocenters. The number of phenols is 2. The van der Waals surface area contributed by atoms with E-state index < -0.39 is 10.0 Å². The maximum Gasteiger partial charge on any atom is 0.261 e. The third-order valence-corrected chi connectivity index (χ3v) is 6.95. The van der Waals surface area contributed by atoms with Gasteiger partial charge in [-0.1, -0.05) is 59.1 Å². The Morgan fingerprint density at radius 1 is 0.710 bits per heavy atom. The second-order valence-electron chi connectivity index (χ2n) is 6.71. The Hall–Kier alpha value is -2.64. The third kappa shape index (κ3) is 4.12. The van der Waals surface area contributed by atoms with Crippen LogP contribution in [0.25, 0.3) is 21.9 Å². The number of hydrogen-bond donors (Lipinski definition) is 3. The number of rotatable bonds is 4. The highest BCUT2D eigenvalue weighted by Crippen LogP contribution is 2.46. The van der Waals surface area contributed by atoms with Gasteiger partial charge in [-0.05, 0) is 42.5 Å². The minimum Gasteiger partial charge on any atom is -0.507 e. The minimum absolute atomic E-state index is 0.000700. The van der Waals surface area contributed by atoms with Crippen LogP contribution in [0.3, 0.4) is 0 Å². The summed E-state index contributed by atoms with van der Waals surface area (Å²) < 4.78 is 27.9. The van der Waals surface area contributed by atoms with Crippen LogP contribution in [-0.2, 0) is 10.0 Å². The van der Waals surface area contributed by atoms with Crippen molar-refractivity contribution in [2.24, 2.45) is 0 Å². The standard InChI is InChI=1S/C22H14Cl3NO4S/c23-12-5-7-14(8-6-12)31(29,30)26-13-9-17(22(28)20(25)10-13)18-11-19(24)15-3-1-2-4-16(15)21(18)27/h1-11,26-28H. The van der Waals surface area contributed by atoms with Gasteiger partial charge in [-0.2, -0.15) is 0 Å². The largest absolute Gasteiger partial charge is 0.507 e. The Balaban J connectivity index is 1.84. The van der Waals surface area contributed by atoms with E-state index in [1.165, 1.54) is 42.5 Å². The molecule has 0 heterocycles. The molecule has 4 aromatic rings. The molecule has 0 saturated heterocycles. The lowest BCUT2D eigenvalue weighted by Crippen LogP contribution is -2.12. The average Bonchev–Trinajstić information content (AvgIpc) is 2.73. The van der Waals surface area contributed by atoms with Crippen LogP contribution in [0.15, 0.2) is 71.6 Å². The normalized spacial score (nSPS) is 11.6. The Bertz CT molecular complexity index is 1420. The fraction of sp³-hybridized carbons (Fsp3) is 0. The van der Waals surface area contributed by atoms with Gasteiger partial charge >= 0.3 is 0 Å². The SMILES string of the molecule is O=S(=O)(Nc1cc(Cl)c(O)c(-c2cc(Cl)c3ccccc3c2O)c1)c1ccc(Cl)cc1. The zero-order chi connectivity index (χ0) is 22.3. The van der Waals surface area contributed by atoms with E-state index in [1.54, 1.807) is 24.3 Å². The monoisotopic (exact) mass is 493 g/mol. The van der Waals surface area contributed by atoms with Gasteiger partial charge in [0.25, 0.3) is 10.0 Å². The number of hydrogen-bond acceptors (Lipinski definition) is 4. The average molecular weight is 495 g/mol. The molecule has 158 valence electrons. The summed E-state index contributed by atoms with van der Waals surface area (Å²) in [6.07, 6.45) is 0. The number of nitrogens with one attached hydrogen (secondary N) is 1. The van der Waals surface area contributed by atoms with Crippen molar-refractivity contribution in [2.45, 2.75) is 4.90 Å². The van der Waals surface area contributed by atoms with Gasteiger partial charge in [0, 0.05) is 31.9 Å². The predicted octanol–water partition coefficient (Wildman–Crippen LogP) is 6.68. The first kappa shape index (κ1) is 21.6. The maximum atomic E-state index is 12.7. The maximum absolute atomic E-state index is 12.7. The fourth-order valence-corrected chi connectivity index (χ4v) is 4.87. The van der Waals surface area contributed by atoms with E-state index in [2.05, 4.69) is 4.72 Å². The molecule has 0 bridgehead atoms. The van der Waals surface area contributed by atoms with E-state index in [0.29, 0.717) is 20.8 Å². The molecular weight excluding hydrogens is 481 g/mol. The first-order chi connectivity index (χ1) is 14.7. The lowest BCUT2D eigenvalue weighted by atomic mass is 9.98. The molecule has 5 nitrogen and oxygen atoms in total. The van der Waals surface area contributed by atoms with Gasteiger partial charge in [0.2, 0.25) is 0 Å². The molecule has 0 fully saturated rings. The van der Waals surface area contributed by atoms with Crippen LogP contribution in [0.2, 0.25) is 15.1 Å². The highest BCUT2D eigenvalue weighted by atomic mass is 35.5. The van der Waals surface area contributed by atoms with E-state index in [9.17, 15) is 18.6 Å². The van der Waals surface area contributed by atoms with E-state index in [-0.39, 0.29) is 38.2 Å². The molecule has 0 saturated carbocycles. The smallest absolute Gasteiger partial charge is 0.261 e. The molecule has 0 radical (unpaired) electrons. The van der Waals surface area contributed by atoms with Crippen molar-refractivity contribution in [1.29, 1.82) is 0 Å². The molecule has 31 heavy (non-hydrogen) atoms. The number of aromatic hydroxyl groups is 2. The summed E-state index contributed by atoms with van der Waals surface area (Å²) in [7, 11) is -3.95. The molecule has 0 atom stereocenters. The van der Waals surface area contributed by atoms with E-state index in [4.69, 9.17) is 34.8 Å². The molecule has 9 heteroatoms. The van der Waals surface area contributed by atoms with Gasteiger partial charge in [0.1, 0.15) is 11.5 Å². The summed E-state index contributed by atoms with van der Waals surface area (Å²) in [6, 6.07) is 16.7. The van der Waals surface area contributed by atoms with E-state index in [1.807, 2.05) is 0 Å². The lowest BCUT2D eigenvalue weighted by molar-refractivity contribution is 0.472. The summed E-state index contributed by atoms with van der Waals surface area (Å²) >= 11 is 18.3. The zero-order valence-electron chi connectivity index (χ0n) is 15.6. The van der Waals surface area contributed by atoms with Gasteiger partial charge in [0.05, 0.1) is 15.6 Å². The zero-order valence-corrected chi connectivity index (χ0v) is 18.7. The molecule has 4 rings (SSSR count). The quantitative estimate of drug-likeness (QED) is 0.276. The molecule has 0 aliphatic rings. The fourth-order valence-electron chi connectivity index (χ4n) is 3.21. The van der Waals surface area contributed by atoms with Crippen LogP contribution in [0.4, 0.5) is 5.69 Å². The Morgan fingerprint density at radius 2 is 1.32 bits per heavy atom. The first-order valence-electron chi connectivity index (χ1n) is 8.89. The summed E-state index contributed by atoms with van der Waals surface area (Å²) in [5.41, 5.74) is 0.415. The predicted molar refractivity (Wildman–Crippen MR) is 125 cm³/mol. The van der Waals surface area contributed by atoms with Gasteiger partial charge in [-0.15, -0.1) is 0 Å². The highest BCUT2D eigenvalue weighted by Gasteiger charge is 2.20. The van der Waals surface area contributed by atoms with Gasteiger partial charge < -0.3 is 10.2 Å². The number of sulfonamides is 1. The molecule has 3 N–H and O–H groups in total. The second-order valence-corrected chi connectivity index (χ2v) is 9.65. The van der Waals surface area contributed by atoms with Crippen LogP contribution in [0.5, 0.6) is 11.5 Å². The topological polar surface area (TPSA) is 86.6 Å². The van der Waals surface area contributed by atoms with Crippen molar-refractivity contribution in [2.75, 3.05) is 4.72 Å². The Kier molecular flexibility index (Phi) is 5.66. The van der Waals surface area contributed by atoms with Crippen molar-refractivity contribution in [1.82, 2.24) is 0 Å². The summed E-state index contributed by atoms with van der Waals surface area (Å²) in [5.74, 6) is -0.443. The van der Waals surface area contributed by atoms with Gasteiger partial charge in [-0.3, -0.25) is 4.72 Å². The summed E-state index contributed by atoms with van der Waals surface area (Å²) in [6.45, 7) is 0. The van der Waals surface area contributed by atoms with Crippen LogP contribution in [-0.4, -0.2) is 18.6 Å². The molecule has 0 aliphatic heterocycles. The number of anilines is 1. The molecule has 0 amide bonds. The second kappa shape index (κ2) is 8.13. The molecule has 0 aromatic heterocycles. The van der Waals surface area contributed by atoms with Crippen LogP contribution >= 0.6 is 34.8 Å². The van der Waals surface area contributed by atoms with Crippen molar-refractivity contribution in [3.8, 4) is 22.6 Å². The molecule has 4 aromatic carbocycles. The minimum atomic E-state index is -3.95. The molecule has 0 aliphatic carbocycles. The van der Waals surface area contributed by atoms with Crippen LogP contribution in [0.1, 0.15) is 0 Å². The van der Waals surface area contributed by atoms with E-state index >= 15 is 0 Å². The van der Waals surface area contributed by atoms with Gasteiger partial charge in [-0.25, -0.2) is 8.42 Å². The van der Waals surface area contributed by atoms with Crippen LogP contribution in [0, 0.1) is 0 Å². The Labute approximate surface area is 193 Å². The summed E-state index contributed by atoms with van der Waals surface area (Å²) in [4.78, 5) is -0.000700. The van der Waals surface area contributed by atoms with E-state index in [0.717, 1.165) is 0 Å². The number of fused-ring (bicyclic) bond motifs is 1. The number of halogens is 3. The number of benzene rings is 4. The van der Waals surface area contributed by atoms with Crippen molar-refractivity contribution >= 4 is 61.3 Å². The van der Waals surface area contributed by atoms with Crippen LogP contribution < -0.4 is 4.72 Å². The van der Waals surface area contributed by atoms with Gasteiger partial charge in [0.15, 0.2) is 0 Å². The molecule has 0 spiro atoms. The third-order valence-electron chi connectivity index (χ3n) is 4.70.